The molecule has 0 aromatic rings. The van der Waals surface area contributed by atoms with Crippen LogP contribution in [0.1, 0.15) is 47.5 Å². The summed E-state index contributed by atoms with van der Waals surface area (Å²) in [5, 5.41) is 14.5. The van der Waals surface area contributed by atoms with Crippen molar-refractivity contribution >= 4 is 23.8 Å². The molecule has 2 amide bonds. The smallest absolute Gasteiger partial charge is 0.326 e. The number of urea groups is 1. The molecule has 118 valence electrons. The second-order valence-electron chi connectivity index (χ2n) is 6.06. The Kier molecular flexibility index (Phi) is 7.41. The largest absolute Gasteiger partial charge is 0.480 e. The van der Waals surface area contributed by atoms with E-state index in [2.05, 4.69) is 24.5 Å². The van der Waals surface area contributed by atoms with Crippen LogP contribution in [0.15, 0.2) is 0 Å². The minimum atomic E-state index is -1.02. The summed E-state index contributed by atoms with van der Waals surface area (Å²) in [6.07, 6.45) is 3.93. The molecular formula is C14H28N2O3S. The zero-order chi connectivity index (χ0) is 16.0. The Morgan fingerprint density at radius 1 is 1.20 bits per heavy atom. The van der Waals surface area contributed by atoms with E-state index in [1.807, 2.05) is 6.26 Å². The van der Waals surface area contributed by atoms with Crippen molar-refractivity contribution in [2.24, 2.45) is 5.41 Å². The highest BCUT2D eigenvalue weighted by atomic mass is 32.2. The lowest BCUT2D eigenvalue weighted by molar-refractivity contribution is -0.141. The van der Waals surface area contributed by atoms with E-state index >= 15 is 0 Å². The molecule has 0 saturated carbocycles. The molecule has 0 spiro atoms. The monoisotopic (exact) mass is 304 g/mol. The maximum Gasteiger partial charge on any atom is 0.326 e. The van der Waals surface area contributed by atoms with Gasteiger partial charge in [-0.25, -0.2) is 9.59 Å². The second kappa shape index (κ2) is 7.76. The van der Waals surface area contributed by atoms with E-state index in [4.69, 9.17) is 0 Å². The fraction of sp³-hybridized carbons (Fsp3) is 0.857. The van der Waals surface area contributed by atoms with Crippen molar-refractivity contribution in [1.82, 2.24) is 10.6 Å². The average molecular weight is 304 g/mol. The Morgan fingerprint density at radius 2 is 1.70 bits per heavy atom. The highest BCUT2D eigenvalue weighted by molar-refractivity contribution is 8.00. The van der Waals surface area contributed by atoms with Gasteiger partial charge in [-0.3, -0.25) is 0 Å². The summed E-state index contributed by atoms with van der Waals surface area (Å²) in [4.78, 5) is 23.1. The Bertz CT molecular complexity index is 328. The van der Waals surface area contributed by atoms with Gasteiger partial charge in [0, 0.05) is 11.3 Å². The zero-order valence-corrected chi connectivity index (χ0v) is 14.2. The molecule has 1 atom stereocenters. The summed E-state index contributed by atoms with van der Waals surface area (Å²) < 4.78 is 0.0117. The average Bonchev–Trinajstić information content (AvgIpc) is 2.36. The lowest BCUT2D eigenvalue weighted by Gasteiger charge is -2.31. The van der Waals surface area contributed by atoms with Crippen LogP contribution in [0.3, 0.4) is 0 Å². The quantitative estimate of drug-likeness (QED) is 0.676. The van der Waals surface area contributed by atoms with Crippen LogP contribution in [0.4, 0.5) is 4.79 Å². The van der Waals surface area contributed by atoms with Crippen molar-refractivity contribution in [2.45, 2.75) is 58.2 Å². The zero-order valence-electron chi connectivity index (χ0n) is 13.4. The molecular weight excluding hydrogens is 276 g/mol. The van der Waals surface area contributed by atoms with Crippen LogP contribution in [0, 0.1) is 5.41 Å². The van der Waals surface area contributed by atoms with Gasteiger partial charge >= 0.3 is 12.0 Å². The van der Waals surface area contributed by atoms with E-state index < -0.39 is 23.5 Å². The summed E-state index contributed by atoms with van der Waals surface area (Å²) in [6.45, 7) is 10.1. The van der Waals surface area contributed by atoms with Crippen LogP contribution in [0.5, 0.6) is 0 Å². The van der Waals surface area contributed by atoms with Crippen LogP contribution < -0.4 is 10.6 Å². The van der Waals surface area contributed by atoms with Crippen molar-refractivity contribution in [3.63, 3.8) is 0 Å². The minimum Gasteiger partial charge on any atom is -0.480 e. The van der Waals surface area contributed by atoms with Crippen molar-refractivity contribution in [3.8, 4) is 0 Å². The molecule has 0 aliphatic heterocycles. The number of carboxylic acid groups (broad SMARTS) is 1. The molecule has 0 aromatic heterocycles. The molecule has 0 unspecified atom stereocenters. The molecule has 0 radical (unpaired) electrons. The van der Waals surface area contributed by atoms with Crippen LogP contribution in [-0.4, -0.2) is 40.7 Å². The van der Waals surface area contributed by atoms with Gasteiger partial charge < -0.3 is 15.7 Å². The lowest BCUT2D eigenvalue weighted by Crippen LogP contribution is -2.54. The van der Waals surface area contributed by atoms with Gasteiger partial charge in [-0.15, -0.1) is 0 Å². The Hall–Kier alpha value is -0.910. The Labute approximate surface area is 126 Å². The van der Waals surface area contributed by atoms with Crippen LogP contribution >= 0.6 is 11.8 Å². The number of rotatable bonds is 7. The summed E-state index contributed by atoms with van der Waals surface area (Å²) in [5.41, 5.74) is -0.532. The third-order valence-corrected chi connectivity index (χ3v) is 5.27. The standard InChI is InChI=1S/C14H28N2O3S/c1-7-14(8-2,20-6)9-15-12(19)16-10(11(17)18)13(3,4)5/h10H,7-9H2,1-6H3,(H,17,18)(H2,15,16,19)/t10-/m1/s1. The SMILES string of the molecule is CCC(CC)(CNC(=O)N[C@H](C(=O)O)C(C)(C)C)SC. The first-order valence-corrected chi connectivity index (χ1v) is 8.16. The van der Waals surface area contributed by atoms with Gasteiger partial charge in [0.1, 0.15) is 6.04 Å². The van der Waals surface area contributed by atoms with Crippen LogP contribution in [0.2, 0.25) is 0 Å². The third kappa shape index (κ3) is 5.61. The first-order chi connectivity index (χ1) is 9.11. The summed E-state index contributed by atoms with van der Waals surface area (Å²) in [7, 11) is 0. The fourth-order valence-corrected chi connectivity index (χ4v) is 2.73. The molecule has 3 N–H and O–H groups in total. The normalized spacial score (nSPS) is 13.7. The molecule has 0 saturated heterocycles. The molecule has 5 nitrogen and oxygen atoms in total. The number of amides is 2. The number of nitrogens with one attached hydrogen (secondary N) is 2. The van der Waals surface area contributed by atoms with E-state index in [-0.39, 0.29) is 4.75 Å². The number of carboxylic acids is 1. The van der Waals surface area contributed by atoms with Gasteiger partial charge in [0.05, 0.1) is 0 Å². The first kappa shape index (κ1) is 19.1. The van der Waals surface area contributed by atoms with Crippen molar-refractivity contribution in [3.05, 3.63) is 0 Å². The molecule has 6 heteroatoms. The molecule has 0 heterocycles. The summed E-state index contributed by atoms with van der Waals surface area (Å²) >= 11 is 1.73. The number of hydrogen-bond acceptors (Lipinski definition) is 3. The number of carbonyl (C=O) groups is 2. The van der Waals surface area contributed by atoms with Gasteiger partial charge in [0.15, 0.2) is 0 Å². The van der Waals surface area contributed by atoms with E-state index in [0.29, 0.717) is 6.54 Å². The molecule has 0 aliphatic rings. The number of aliphatic carboxylic acids is 1. The summed E-state index contributed by atoms with van der Waals surface area (Å²) in [5.74, 6) is -1.02. The lowest BCUT2D eigenvalue weighted by atomic mass is 9.87. The number of hydrogen-bond donors (Lipinski definition) is 3. The van der Waals surface area contributed by atoms with E-state index in [0.717, 1.165) is 12.8 Å². The molecule has 0 aliphatic carbocycles. The van der Waals surface area contributed by atoms with Gasteiger partial charge in [-0.2, -0.15) is 11.8 Å². The number of thioether (sulfide) groups is 1. The maximum atomic E-state index is 11.9. The van der Waals surface area contributed by atoms with Crippen LogP contribution in [0.25, 0.3) is 0 Å². The van der Waals surface area contributed by atoms with Gasteiger partial charge in [0.2, 0.25) is 0 Å². The predicted molar refractivity (Wildman–Crippen MR) is 84.2 cm³/mol. The van der Waals surface area contributed by atoms with E-state index in [9.17, 15) is 14.7 Å². The highest BCUT2D eigenvalue weighted by Crippen LogP contribution is 2.29. The minimum absolute atomic E-state index is 0.0117. The summed E-state index contributed by atoms with van der Waals surface area (Å²) in [6, 6.07) is -1.33. The molecule has 0 fully saturated rings. The predicted octanol–water partition coefficient (Wildman–Crippen LogP) is 2.71. The second-order valence-corrected chi connectivity index (χ2v) is 7.33. The molecule has 0 rings (SSSR count). The molecule has 20 heavy (non-hydrogen) atoms. The molecule has 0 bridgehead atoms. The number of carbonyl (C=O) groups excluding carboxylic acids is 1. The maximum absolute atomic E-state index is 11.9. The van der Waals surface area contributed by atoms with Crippen molar-refractivity contribution in [2.75, 3.05) is 12.8 Å². The van der Waals surface area contributed by atoms with Crippen molar-refractivity contribution in [1.29, 1.82) is 0 Å². The highest BCUT2D eigenvalue weighted by Gasteiger charge is 2.33. The van der Waals surface area contributed by atoms with Crippen LogP contribution in [-0.2, 0) is 4.79 Å². The Morgan fingerprint density at radius 3 is 2.00 bits per heavy atom. The van der Waals surface area contributed by atoms with E-state index in [1.54, 1.807) is 32.5 Å². The van der Waals surface area contributed by atoms with E-state index in [1.165, 1.54) is 0 Å². The third-order valence-electron chi connectivity index (χ3n) is 3.68. The molecule has 0 aromatic carbocycles. The van der Waals surface area contributed by atoms with Gasteiger partial charge in [0.25, 0.3) is 0 Å². The topological polar surface area (TPSA) is 78.4 Å². The Balaban J connectivity index is 4.60. The first-order valence-electron chi connectivity index (χ1n) is 6.94. The van der Waals surface area contributed by atoms with Gasteiger partial charge in [-0.05, 0) is 24.5 Å². The fourth-order valence-electron chi connectivity index (χ4n) is 1.93. The van der Waals surface area contributed by atoms with Crippen molar-refractivity contribution < 1.29 is 14.7 Å². The van der Waals surface area contributed by atoms with Gasteiger partial charge in [-0.1, -0.05) is 34.6 Å².